The monoisotopic (exact) mass is 396 g/mol. The fourth-order valence-electron chi connectivity index (χ4n) is 2.19. The zero-order chi connectivity index (χ0) is 13.3. The summed E-state index contributed by atoms with van der Waals surface area (Å²) < 4.78 is 28.5. The number of nitrogens with two attached hydrogens (primary N) is 1. The van der Waals surface area contributed by atoms with Crippen molar-refractivity contribution in [3.63, 3.8) is 0 Å². The van der Waals surface area contributed by atoms with Gasteiger partial charge in [-0.25, -0.2) is 13.1 Å². The van der Waals surface area contributed by atoms with Crippen LogP contribution in [0.15, 0.2) is 26.0 Å². The Balaban J connectivity index is 2.34. The summed E-state index contributed by atoms with van der Waals surface area (Å²) in [6, 6.07) is 3.30. The second-order valence-electron chi connectivity index (χ2n) is 4.41. The minimum atomic E-state index is -3.56. The van der Waals surface area contributed by atoms with Gasteiger partial charge in [0.1, 0.15) is 4.90 Å². The van der Waals surface area contributed by atoms with Crippen molar-refractivity contribution in [1.82, 2.24) is 4.72 Å². The second-order valence-corrected chi connectivity index (χ2v) is 7.83. The number of halogens is 2. The first-order chi connectivity index (χ1) is 8.40. The van der Waals surface area contributed by atoms with Gasteiger partial charge in [0.2, 0.25) is 10.0 Å². The Bertz CT molecular complexity index is 531. The highest BCUT2D eigenvalue weighted by Crippen LogP contribution is 2.32. The lowest BCUT2D eigenvalue weighted by Crippen LogP contribution is -2.33. The van der Waals surface area contributed by atoms with E-state index in [-0.39, 0.29) is 16.6 Å². The van der Waals surface area contributed by atoms with Crippen LogP contribution < -0.4 is 10.5 Å². The molecule has 1 aromatic rings. The molecule has 0 unspecified atom stereocenters. The van der Waals surface area contributed by atoms with Crippen LogP contribution in [-0.2, 0) is 10.0 Å². The van der Waals surface area contributed by atoms with Gasteiger partial charge in [0.15, 0.2) is 0 Å². The van der Waals surface area contributed by atoms with Crippen LogP contribution >= 0.6 is 31.9 Å². The number of hydrogen-bond donors (Lipinski definition) is 2. The number of benzene rings is 1. The molecule has 1 aliphatic carbocycles. The van der Waals surface area contributed by atoms with Crippen molar-refractivity contribution in [1.29, 1.82) is 0 Å². The highest BCUT2D eigenvalue weighted by atomic mass is 79.9. The van der Waals surface area contributed by atoms with Crippen LogP contribution in [-0.4, -0.2) is 14.5 Å². The smallest absolute Gasteiger partial charge is 0.243 e. The van der Waals surface area contributed by atoms with Gasteiger partial charge in [-0.1, -0.05) is 28.8 Å². The molecule has 0 aromatic heterocycles. The zero-order valence-electron chi connectivity index (χ0n) is 9.62. The quantitative estimate of drug-likeness (QED) is 0.770. The molecule has 3 N–H and O–H groups in total. The van der Waals surface area contributed by atoms with Gasteiger partial charge in [-0.15, -0.1) is 0 Å². The summed E-state index contributed by atoms with van der Waals surface area (Å²) in [6.07, 6.45) is 3.94. The van der Waals surface area contributed by atoms with Crippen molar-refractivity contribution in [2.75, 3.05) is 5.73 Å². The van der Waals surface area contributed by atoms with E-state index >= 15 is 0 Å². The minimum Gasteiger partial charge on any atom is -0.398 e. The first-order valence-electron chi connectivity index (χ1n) is 5.67. The molecule has 0 amide bonds. The van der Waals surface area contributed by atoms with Crippen molar-refractivity contribution < 1.29 is 8.42 Å². The molecule has 0 aliphatic heterocycles. The van der Waals surface area contributed by atoms with E-state index < -0.39 is 10.0 Å². The fourth-order valence-corrected chi connectivity index (χ4v) is 5.56. The van der Waals surface area contributed by atoms with Gasteiger partial charge in [-0.05, 0) is 40.9 Å². The van der Waals surface area contributed by atoms with Crippen LogP contribution in [0.25, 0.3) is 0 Å². The third kappa shape index (κ3) is 3.07. The van der Waals surface area contributed by atoms with Crippen molar-refractivity contribution in [3.05, 3.63) is 21.1 Å². The lowest BCUT2D eigenvalue weighted by atomic mass is 10.3. The number of sulfonamides is 1. The maximum Gasteiger partial charge on any atom is 0.243 e. The maximum atomic E-state index is 12.3. The Hall–Kier alpha value is -0.110. The molecule has 0 bridgehead atoms. The van der Waals surface area contributed by atoms with E-state index in [1.807, 2.05) is 0 Å². The lowest BCUT2D eigenvalue weighted by Gasteiger charge is -2.15. The standard InChI is InChI=1S/C11H14Br2N2O2S/c12-7-5-9(13)11(10(14)6-7)18(16,17)15-8-3-1-2-4-8/h5-6,8,15H,1-4,14H2. The van der Waals surface area contributed by atoms with Crippen LogP contribution in [0, 0.1) is 0 Å². The maximum absolute atomic E-state index is 12.3. The molecule has 0 spiro atoms. The minimum absolute atomic E-state index is 0.0324. The Morgan fingerprint density at radius 1 is 1.22 bits per heavy atom. The molecule has 1 aromatic carbocycles. The molecule has 0 heterocycles. The molecule has 18 heavy (non-hydrogen) atoms. The summed E-state index contributed by atoms with van der Waals surface area (Å²) in [7, 11) is -3.56. The van der Waals surface area contributed by atoms with Crippen molar-refractivity contribution >= 4 is 47.6 Å². The third-order valence-corrected chi connectivity index (χ3v) is 5.97. The molecule has 1 fully saturated rings. The molecule has 0 atom stereocenters. The van der Waals surface area contributed by atoms with Gasteiger partial charge in [0.05, 0.1) is 5.69 Å². The van der Waals surface area contributed by atoms with E-state index in [0.29, 0.717) is 4.47 Å². The van der Waals surface area contributed by atoms with E-state index in [0.717, 1.165) is 30.2 Å². The summed E-state index contributed by atoms with van der Waals surface area (Å²) in [6.45, 7) is 0. The zero-order valence-corrected chi connectivity index (χ0v) is 13.6. The van der Waals surface area contributed by atoms with E-state index in [4.69, 9.17) is 5.73 Å². The van der Waals surface area contributed by atoms with E-state index in [9.17, 15) is 8.42 Å². The number of nitrogen functional groups attached to an aromatic ring is 1. The number of rotatable bonds is 3. The van der Waals surface area contributed by atoms with Gasteiger partial charge in [-0.2, -0.15) is 0 Å². The average Bonchev–Trinajstić information content (AvgIpc) is 2.66. The summed E-state index contributed by atoms with van der Waals surface area (Å²) in [5.41, 5.74) is 6.04. The van der Waals surface area contributed by atoms with Gasteiger partial charge in [-0.3, -0.25) is 0 Å². The summed E-state index contributed by atoms with van der Waals surface area (Å²) in [5.74, 6) is 0. The summed E-state index contributed by atoms with van der Waals surface area (Å²) >= 11 is 6.53. The van der Waals surface area contributed by atoms with Crippen LogP contribution in [0.1, 0.15) is 25.7 Å². The highest BCUT2D eigenvalue weighted by molar-refractivity contribution is 9.11. The SMILES string of the molecule is Nc1cc(Br)cc(Br)c1S(=O)(=O)NC1CCCC1. The molecule has 100 valence electrons. The number of anilines is 1. The summed E-state index contributed by atoms with van der Waals surface area (Å²) in [4.78, 5) is 0.123. The normalized spacial score (nSPS) is 17.2. The second kappa shape index (κ2) is 5.48. The summed E-state index contributed by atoms with van der Waals surface area (Å²) in [5, 5.41) is 0. The predicted octanol–water partition coefficient (Wildman–Crippen LogP) is 3.01. The van der Waals surface area contributed by atoms with Crippen LogP contribution in [0.3, 0.4) is 0 Å². The van der Waals surface area contributed by atoms with Gasteiger partial charge >= 0.3 is 0 Å². The van der Waals surface area contributed by atoms with Gasteiger partial charge < -0.3 is 5.73 Å². The first kappa shape index (κ1) is 14.3. The predicted molar refractivity (Wildman–Crippen MR) is 78.8 cm³/mol. The molecular formula is C11H14Br2N2O2S. The molecular weight excluding hydrogens is 384 g/mol. The molecule has 1 aliphatic rings. The average molecular weight is 398 g/mol. The Morgan fingerprint density at radius 3 is 2.39 bits per heavy atom. The van der Waals surface area contributed by atoms with Gasteiger partial charge in [0.25, 0.3) is 0 Å². The van der Waals surface area contributed by atoms with Crippen LogP contribution in [0.4, 0.5) is 5.69 Å². The Kier molecular flexibility index (Phi) is 4.36. The van der Waals surface area contributed by atoms with E-state index in [1.54, 1.807) is 12.1 Å². The van der Waals surface area contributed by atoms with Crippen molar-refractivity contribution in [2.45, 2.75) is 36.6 Å². The highest BCUT2D eigenvalue weighted by Gasteiger charge is 2.26. The van der Waals surface area contributed by atoms with E-state index in [1.165, 1.54) is 0 Å². The Labute approximate surface area is 124 Å². The van der Waals surface area contributed by atoms with Gasteiger partial charge in [0, 0.05) is 15.0 Å². The number of nitrogens with one attached hydrogen (secondary N) is 1. The molecule has 4 nitrogen and oxygen atoms in total. The molecule has 2 rings (SSSR count). The molecule has 0 saturated heterocycles. The molecule has 1 saturated carbocycles. The van der Waals surface area contributed by atoms with Crippen molar-refractivity contribution in [2.24, 2.45) is 0 Å². The van der Waals surface area contributed by atoms with Crippen LogP contribution in [0.2, 0.25) is 0 Å². The molecule has 0 radical (unpaired) electrons. The Morgan fingerprint density at radius 2 is 1.83 bits per heavy atom. The largest absolute Gasteiger partial charge is 0.398 e. The van der Waals surface area contributed by atoms with Crippen LogP contribution in [0.5, 0.6) is 0 Å². The third-order valence-electron chi connectivity index (χ3n) is 2.98. The topological polar surface area (TPSA) is 72.2 Å². The number of hydrogen-bond acceptors (Lipinski definition) is 3. The fraction of sp³-hybridized carbons (Fsp3) is 0.455. The first-order valence-corrected chi connectivity index (χ1v) is 8.74. The molecule has 7 heteroatoms. The lowest BCUT2D eigenvalue weighted by molar-refractivity contribution is 0.552. The van der Waals surface area contributed by atoms with E-state index in [2.05, 4.69) is 36.6 Å². The van der Waals surface area contributed by atoms with Crippen molar-refractivity contribution in [3.8, 4) is 0 Å².